The Balaban J connectivity index is 1.20. The number of hydrogen-bond donors (Lipinski definition) is 2. The second-order valence-corrected chi connectivity index (χ2v) is 12.2. The van der Waals surface area contributed by atoms with Gasteiger partial charge in [-0.2, -0.15) is 0 Å². The summed E-state index contributed by atoms with van der Waals surface area (Å²) in [5.74, 6) is -0.220. The third-order valence-corrected chi connectivity index (χ3v) is 9.19. The van der Waals surface area contributed by atoms with Gasteiger partial charge >= 0.3 is 0 Å². The first-order valence-corrected chi connectivity index (χ1v) is 16.3. The zero-order valence-corrected chi connectivity index (χ0v) is 27.2. The Morgan fingerprint density at radius 2 is 1.73 bits per heavy atom. The molecule has 0 radical (unpaired) electrons. The summed E-state index contributed by atoms with van der Waals surface area (Å²) in [4.78, 5) is 34.5. The summed E-state index contributed by atoms with van der Waals surface area (Å²) in [6, 6.07) is 8.97. The number of ether oxygens (including phenoxy) is 1. The van der Waals surface area contributed by atoms with Crippen LogP contribution in [0.3, 0.4) is 0 Å². The number of halogens is 2. The van der Waals surface area contributed by atoms with Crippen molar-refractivity contribution in [1.29, 1.82) is 0 Å². The van der Waals surface area contributed by atoms with Gasteiger partial charge in [0.25, 0.3) is 0 Å². The molecule has 3 saturated heterocycles. The molecule has 0 saturated carbocycles. The van der Waals surface area contributed by atoms with Crippen LogP contribution in [0.2, 0.25) is 0 Å². The largest absolute Gasteiger partial charge is 0.494 e. The van der Waals surface area contributed by atoms with E-state index >= 15 is 0 Å². The van der Waals surface area contributed by atoms with Gasteiger partial charge in [0.1, 0.15) is 29.5 Å². The first-order valence-electron chi connectivity index (χ1n) is 16.3. The summed E-state index contributed by atoms with van der Waals surface area (Å²) in [7, 11) is 1.59. The maximum absolute atomic E-state index is 14.0. The van der Waals surface area contributed by atoms with Crippen LogP contribution in [0.15, 0.2) is 68.0 Å². The van der Waals surface area contributed by atoms with Crippen molar-refractivity contribution >= 4 is 34.6 Å². The van der Waals surface area contributed by atoms with Crippen LogP contribution in [0.4, 0.5) is 37.5 Å². The Morgan fingerprint density at radius 1 is 0.979 bits per heavy atom. The van der Waals surface area contributed by atoms with Gasteiger partial charge in [0.2, 0.25) is 5.91 Å². The fourth-order valence-corrected chi connectivity index (χ4v) is 6.79. The van der Waals surface area contributed by atoms with E-state index in [9.17, 15) is 13.6 Å². The molecule has 3 fully saturated rings. The van der Waals surface area contributed by atoms with Crippen molar-refractivity contribution in [2.45, 2.75) is 31.3 Å². The van der Waals surface area contributed by atoms with Gasteiger partial charge in [-0.1, -0.05) is 12.7 Å². The zero-order valence-electron chi connectivity index (χ0n) is 27.2. The van der Waals surface area contributed by atoms with Crippen LogP contribution >= 0.6 is 0 Å². The normalized spacial score (nSPS) is 19.3. The molecule has 13 heteroatoms. The first-order chi connectivity index (χ1) is 23.3. The van der Waals surface area contributed by atoms with Crippen molar-refractivity contribution in [3.05, 3.63) is 85.2 Å². The minimum absolute atomic E-state index is 0.324. The van der Waals surface area contributed by atoms with Crippen LogP contribution in [-0.4, -0.2) is 91.2 Å². The van der Waals surface area contributed by atoms with Gasteiger partial charge in [0.15, 0.2) is 5.82 Å². The monoisotopic (exact) mass is 660 g/mol. The smallest absolute Gasteiger partial charge is 0.247 e. The molecule has 1 unspecified atom stereocenters. The van der Waals surface area contributed by atoms with Crippen LogP contribution in [0, 0.1) is 11.6 Å². The van der Waals surface area contributed by atoms with Crippen molar-refractivity contribution in [3.63, 3.8) is 0 Å². The van der Waals surface area contributed by atoms with Gasteiger partial charge in [0.05, 0.1) is 36.8 Å². The number of carbonyl (C=O) groups is 1. The van der Waals surface area contributed by atoms with E-state index in [0.717, 1.165) is 70.4 Å². The lowest BCUT2D eigenvalue weighted by atomic mass is 10.0. The molecule has 0 spiro atoms. The predicted octanol–water partition coefficient (Wildman–Crippen LogP) is 5.29. The number of carbonyl (C=O) groups excluding carboxylic acids is 1. The molecule has 1 aromatic heterocycles. The lowest BCUT2D eigenvalue weighted by Gasteiger charge is -2.43. The Labute approximate surface area is 279 Å². The molecule has 3 aliphatic rings. The van der Waals surface area contributed by atoms with Gasteiger partial charge in [-0.3, -0.25) is 19.4 Å². The molecule has 3 aliphatic heterocycles. The topological polar surface area (TPSA) is 98.3 Å². The first kappa shape index (κ1) is 33.3. The highest BCUT2D eigenvalue weighted by atomic mass is 19.1. The summed E-state index contributed by atoms with van der Waals surface area (Å²) in [6.07, 6.45) is 7.16. The Hall–Kier alpha value is -4.59. The summed E-state index contributed by atoms with van der Waals surface area (Å²) in [6.45, 7) is 14.7. The number of methoxy groups -OCH3 is 1. The predicted molar refractivity (Wildman–Crippen MR) is 183 cm³/mol. The number of aromatic nitrogens is 2. The molecular formula is C35H42F2N8O3. The van der Waals surface area contributed by atoms with Crippen molar-refractivity contribution < 1.29 is 23.1 Å². The van der Waals surface area contributed by atoms with Crippen LogP contribution in [-0.2, 0) is 9.63 Å². The number of hydrogen-bond acceptors (Lipinski definition) is 10. The minimum Gasteiger partial charge on any atom is -0.494 e. The highest BCUT2D eigenvalue weighted by molar-refractivity contribution is 6.02. The second-order valence-electron chi connectivity index (χ2n) is 12.2. The standard InChI is InChI=1S/C35H42F2N8O3/c1-4-9-42-12-14-43(15-13-42)27-6-10-44(11-7-27)31-21-32(47-3)29(20-28(31)41-35(46)5-2)40-33-22-34(39-23-38-33)45-30(8-16-48-45)24-17-25(36)19-26(37)18-24/h4-5,17-23,27,30H,1-2,6-16H2,3H3,(H,41,46)(H,38,39,40). The quantitative estimate of drug-likeness (QED) is 0.209. The van der Waals surface area contributed by atoms with Gasteiger partial charge in [-0.05, 0) is 42.7 Å². The zero-order chi connectivity index (χ0) is 33.6. The summed E-state index contributed by atoms with van der Waals surface area (Å²) < 4.78 is 33.8. The molecular weight excluding hydrogens is 618 g/mol. The molecule has 254 valence electrons. The summed E-state index contributed by atoms with van der Waals surface area (Å²) >= 11 is 0. The SMILES string of the molecule is C=CCN1CCN(C2CCN(c3cc(OC)c(Nc4cc(N5OCCC5c5cc(F)cc(F)c5)ncn4)cc3NC(=O)C=C)CC2)CC1. The highest BCUT2D eigenvalue weighted by Gasteiger charge is 2.31. The van der Waals surface area contributed by atoms with Gasteiger partial charge in [-0.15, -0.1) is 6.58 Å². The van der Waals surface area contributed by atoms with E-state index in [4.69, 9.17) is 9.57 Å². The van der Waals surface area contributed by atoms with E-state index < -0.39 is 17.7 Å². The number of piperidine rings is 1. The van der Waals surface area contributed by atoms with E-state index in [1.165, 1.54) is 24.5 Å². The Kier molecular flexibility index (Phi) is 10.5. The van der Waals surface area contributed by atoms with Crippen LogP contribution < -0.4 is 25.3 Å². The van der Waals surface area contributed by atoms with Crippen LogP contribution in [0.1, 0.15) is 30.9 Å². The molecule has 0 aliphatic carbocycles. The van der Waals surface area contributed by atoms with E-state index in [-0.39, 0.29) is 5.91 Å². The number of piperazine rings is 1. The molecule has 6 rings (SSSR count). The van der Waals surface area contributed by atoms with Crippen LogP contribution in [0.5, 0.6) is 5.75 Å². The van der Waals surface area contributed by atoms with E-state index in [1.54, 1.807) is 18.2 Å². The number of rotatable bonds is 11. The molecule has 1 atom stereocenters. The molecule has 11 nitrogen and oxygen atoms in total. The molecule has 1 amide bonds. The summed E-state index contributed by atoms with van der Waals surface area (Å²) in [5.41, 5.74) is 2.50. The average Bonchev–Trinajstić information content (AvgIpc) is 3.59. The van der Waals surface area contributed by atoms with Crippen molar-refractivity contribution in [2.24, 2.45) is 0 Å². The van der Waals surface area contributed by atoms with Gasteiger partial charge in [0, 0.05) is 76.5 Å². The lowest BCUT2D eigenvalue weighted by Crippen LogP contribution is -2.53. The number of anilines is 5. The van der Waals surface area contributed by atoms with Gasteiger partial charge < -0.3 is 20.3 Å². The van der Waals surface area contributed by atoms with Crippen molar-refractivity contribution in [3.8, 4) is 5.75 Å². The molecule has 2 N–H and O–H groups in total. The number of nitrogens with one attached hydrogen (secondary N) is 2. The fourth-order valence-electron chi connectivity index (χ4n) is 6.79. The van der Waals surface area contributed by atoms with Crippen LogP contribution in [0.25, 0.3) is 0 Å². The number of amides is 1. The summed E-state index contributed by atoms with van der Waals surface area (Å²) in [5, 5.41) is 7.81. The van der Waals surface area contributed by atoms with Crippen molar-refractivity contribution in [2.75, 3.05) is 80.1 Å². The maximum atomic E-state index is 14.0. The van der Waals surface area contributed by atoms with E-state index in [2.05, 4.69) is 48.5 Å². The Morgan fingerprint density at radius 3 is 2.42 bits per heavy atom. The highest BCUT2D eigenvalue weighted by Crippen LogP contribution is 2.40. The third kappa shape index (κ3) is 7.59. The fraction of sp³-hybridized carbons (Fsp3) is 0.400. The molecule has 4 heterocycles. The molecule has 48 heavy (non-hydrogen) atoms. The lowest BCUT2D eigenvalue weighted by molar-refractivity contribution is -0.111. The number of hydroxylamine groups is 1. The minimum atomic E-state index is -0.654. The maximum Gasteiger partial charge on any atom is 0.247 e. The second kappa shape index (κ2) is 15.1. The number of nitrogens with zero attached hydrogens (tertiary/aromatic N) is 6. The third-order valence-electron chi connectivity index (χ3n) is 9.19. The molecule has 2 aromatic carbocycles. The number of benzene rings is 2. The molecule has 3 aromatic rings. The van der Waals surface area contributed by atoms with Crippen molar-refractivity contribution in [1.82, 2.24) is 19.8 Å². The van der Waals surface area contributed by atoms with E-state index in [0.29, 0.717) is 53.4 Å². The van der Waals surface area contributed by atoms with E-state index in [1.807, 2.05) is 18.2 Å². The Bertz CT molecular complexity index is 1610. The average molecular weight is 661 g/mol. The van der Waals surface area contributed by atoms with Gasteiger partial charge in [-0.25, -0.2) is 23.8 Å². The molecule has 0 bridgehead atoms.